The molecule has 0 aromatic heterocycles. The van der Waals surface area contributed by atoms with Crippen molar-refractivity contribution in [2.24, 2.45) is 5.41 Å². The van der Waals surface area contributed by atoms with E-state index in [2.05, 4.69) is 4.74 Å². The van der Waals surface area contributed by atoms with E-state index in [1.807, 2.05) is 0 Å². The van der Waals surface area contributed by atoms with Gasteiger partial charge in [0, 0.05) is 0 Å². The number of carbonyl (C=O) groups excluding carboxylic acids is 2. The van der Waals surface area contributed by atoms with Crippen molar-refractivity contribution >= 4 is 11.9 Å². The average Bonchev–Trinajstić information content (AvgIpc) is 2.55. The lowest BCUT2D eigenvalue weighted by Gasteiger charge is -2.21. The lowest BCUT2D eigenvalue weighted by molar-refractivity contribution is -0.155. The molecule has 1 heterocycles. The maximum absolute atomic E-state index is 11.7. The highest BCUT2D eigenvalue weighted by atomic mass is 16.6. The molecule has 0 spiro atoms. The van der Waals surface area contributed by atoms with Gasteiger partial charge >= 0.3 is 11.9 Å². The maximum atomic E-state index is 11.7. The standard InChI is InChI=1S/C11H16O7/c1-11(2,3)10(16)18-8-6(14)9(15)17-7(8)5(13)4-12/h5,7,12-14H,4H2,1-3H3/t5-,7+/m0/s1. The molecule has 0 aromatic carbocycles. The molecule has 102 valence electrons. The smallest absolute Gasteiger partial charge is 0.378 e. The molecule has 18 heavy (non-hydrogen) atoms. The molecule has 0 aromatic rings. The second kappa shape index (κ2) is 4.95. The summed E-state index contributed by atoms with van der Waals surface area (Å²) in [7, 11) is 0. The first-order chi connectivity index (χ1) is 8.18. The van der Waals surface area contributed by atoms with Crippen LogP contribution in [0.25, 0.3) is 0 Å². The molecule has 7 heteroatoms. The van der Waals surface area contributed by atoms with Crippen LogP contribution < -0.4 is 0 Å². The Morgan fingerprint density at radius 3 is 2.50 bits per heavy atom. The molecule has 0 amide bonds. The third kappa shape index (κ3) is 2.80. The van der Waals surface area contributed by atoms with E-state index < -0.39 is 47.7 Å². The summed E-state index contributed by atoms with van der Waals surface area (Å²) in [6.45, 7) is 4.05. The molecule has 0 saturated heterocycles. The fourth-order valence-corrected chi connectivity index (χ4v) is 1.17. The van der Waals surface area contributed by atoms with Gasteiger partial charge in [-0.05, 0) is 20.8 Å². The first-order valence-electron chi connectivity index (χ1n) is 5.33. The molecule has 0 radical (unpaired) electrons. The van der Waals surface area contributed by atoms with Crippen molar-refractivity contribution in [1.82, 2.24) is 0 Å². The number of esters is 2. The van der Waals surface area contributed by atoms with Crippen LogP contribution in [0.1, 0.15) is 20.8 Å². The van der Waals surface area contributed by atoms with Crippen LogP contribution in [0.3, 0.4) is 0 Å². The summed E-state index contributed by atoms with van der Waals surface area (Å²) < 4.78 is 9.47. The van der Waals surface area contributed by atoms with Gasteiger partial charge in [0.1, 0.15) is 6.10 Å². The quantitative estimate of drug-likeness (QED) is 0.593. The van der Waals surface area contributed by atoms with Crippen molar-refractivity contribution in [3.05, 3.63) is 11.5 Å². The number of aliphatic hydroxyl groups is 3. The van der Waals surface area contributed by atoms with Gasteiger partial charge in [0.05, 0.1) is 12.0 Å². The van der Waals surface area contributed by atoms with Crippen molar-refractivity contribution in [2.75, 3.05) is 6.61 Å². The Morgan fingerprint density at radius 2 is 2.06 bits per heavy atom. The summed E-state index contributed by atoms with van der Waals surface area (Å²) >= 11 is 0. The highest BCUT2D eigenvalue weighted by molar-refractivity contribution is 5.90. The molecule has 0 saturated carbocycles. The lowest BCUT2D eigenvalue weighted by Crippen LogP contribution is -2.34. The largest absolute Gasteiger partial charge is 0.499 e. The van der Waals surface area contributed by atoms with E-state index in [9.17, 15) is 19.8 Å². The molecule has 7 nitrogen and oxygen atoms in total. The molecule has 1 rings (SSSR count). The Morgan fingerprint density at radius 1 is 1.50 bits per heavy atom. The lowest BCUT2D eigenvalue weighted by atomic mass is 9.97. The van der Waals surface area contributed by atoms with Crippen molar-refractivity contribution in [1.29, 1.82) is 0 Å². The van der Waals surface area contributed by atoms with Gasteiger partial charge in [0.25, 0.3) is 0 Å². The van der Waals surface area contributed by atoms with Crippen LogP contribution in [0.4, 0.5) is 0 Å². The van der Waals surface area contributed by atoms with Gasteiger partial charge in [-0.2, -0.15) is 0 Å². The molecule has 0 unspecified atom stereocenters. The minimum atomic E-state index is -1.47. The normalized spacial score (nSPS) is 21.8. The topological polar surface area (TPSA) is 113 Å². The van der Waals surface area contributed by atoms with Crippen LogP contribution in [0.5, 0.6) is 0 Å². The average molecular weight is 260 g/mol. The number of cyclic esters (lactones) is 1. The number of aliphatic hydroxyl groups excluding tert-OH is 3. The van der Waals surface area contributed by atoms with Crippen LogP contribution in [-0.4, -0.2) is 46.1 Å². The SMILES string of the molecule is CC(C)(C)C(=O)OC1=C(O)C(=O)O[C@@H]1[C@@H](O)CO. The molecular weight excluding hydrogens is 244 g/mol. The van der Waals surface area contributed by atoms with Crippen LogP contribution in [0, 0.1) is 5.41 Å². The number of hydrogen-bond donors (Lipinski definition) is 3. The van der Waals surface area contributed by atoms with Crippen LogP contribution in [0.2, 0.25) is 0 Å². The zero-order chi connectivity index (χ0) is 14.1. The molecule has 1 aliphatic heterocycles. The molecule has 0 fully saturated rings. The van der Waals surface area contributed by atoms with Crippen molar-refractivity contribution < 1.29 is 34.4 Å². The van der Waals surface area contributed by atoms with Crippen molar-refractivity contribution in [2.45, 2.75) is 33.0 Å². The van der Waals surface area contributed by atoms with Gasteiger partial charge in [-0.1, -0.05) is 0 Å². The van der Waals surface area contributed by atoms with Crippen LogP contribution in [0.15, 0.2) is 11.5 Å². The van der Waals surface area contributed by atoms with Crippen molar-refractivity contribution in [3.8, 4) is 0 Å². The second-order valence-corrected chi connectivity index (χ2v) is 4.93. The van der Waals surface area contributed by atoms with Gasteiger partial charge in [0.15, 0.2) is 6.10 Å². The minimum absolute atomic E-state index is 0.471. The Balaban J connectivity index is 2.95. The third-order valence-electron chi connectivity index (χ3n) is 2.27. The highest BCUT2D eigenvalue weighted by Gasteiger charge is 2.42. The van der Waals surface area contributed by atoms with E-state index >= 15 is 0 Å². The number of rotatable bonds is 3. The summed E-state index contributed by atoms with van der Waals surface area (Å²) in [5, 5.41) is 27.6. The summed E-state index contributed by atoms with van der Waals surface area (Å²) in [6.07, 6.45) is -2.85. The first kappa shape index (κ1) is 14.5. The molecule has 0 bridgehead atoms. The van der Waals surface area contributed by atoms with E-state index in [1.54, 1.807) is 20.8 Å². The van der Waals surface area contributed by atoms with Gasteiger partial charge in [-0.25, -0.2) is 4.79 Å². The van der Waals surface area contributed by atoms with Gasteiger partial charge in [0.2, 0.25) is 11.5 Å². The minimum Gasteiger partial charge on any atom is -0.499 e. The molecule has 1 aliphatic rings. The molecule has 0 aliphatic carbocycles. The molecule has 3 N–H and O–H groups in total. The molecule has 2 atom stereocenters. The fourth-order valence-electron chi connectivity index (χ4n) is 1.17. The second-order valence-electron chi connectivity index (χ2n) is 4.93. The highest BCUT2D eigenvalue weighted by Crippen LogP contribution is 2.27. The number of hydrogen-bond acceptors (Lipinski definition) is 7. The predicted octanol–water partition coefficient (Wildman–Crippen LogP) is -0.376. The van der Waals surface area contributed by atoms with Crippen molar-refractivity contribution in [3.63, 3.8) is 0 Å². The van der Waals surface area contributed by atoms with Crippen LogP contribution in [-0.2, 0) is 19.1 Å². The number of carbonyl (C=O) groups is 2. The van der Waals surface area contributed by atoms with Gasteiger partial charge < -0.3 is 24.8 Å². The summed E-state index contributed by atoms with van der Waals surface area (Å²) in [5.41, 5.74) is -0.854. The zero-order valence-electron chi connectivity index (χ0n) is 10.3. The van der Waals surface area contributed by atoms with Gasteiger partial charge in [-0.3, -0.25) is 4.79 Å². The Hall–Kier alpha value is -1.60. The Kier molecular flexibility index (Phi) is 3.98. The van der Waals surface area contributed by atoms with E-state index in [4.69, 9.17) is 9.84 Å². The fraction of sp³-hybridized carbons (Fsp3) is 0.636. The van der Waals surface area contributed by atoms with Crippen LogP contribution >= 0.6 is 0 Å². The summed E-state index contributed by atoms with van der Waals surface area (Å²) in [4.78, 5) is 22.8. The van der Waals surface area contributed by atoms with Gasteiger partial charge in [-0.15, -0.1) is 0 Å². The Labute approximate surface area is 104 Å². The third-order valence-corrected chi connectivity index (χ3v) is 2.27. The summed E-state index contributed by atoms with van der Waals surface area (Å²) in [5.74, 6) is -3.15. The monoisotopic (exact) mass is 260 g/mol. The maximum Gasteiger partial charge on any atom is 0.378 e. The van der Waals surface area contributed by atoms with E-state index in [-0.39, 0.29) is 0 Å². The number of ether oxygens (including phenoxy) is 2. The van der Waals surface area contributed by atoms with E-state index in [1.165, 1.54) is 0 Å². The summed E-state index contributed by atoms with van der Waals surface area (Å²) in [6, 6.07) is 0. The van der Waals surface area contributed by atoms with E-state index in [0.29, 0.717) is 0 Å². The predicted molar refractivity (Wildman–Crippen MR) is 58.2 cm³/mol. The Bertz CT molecular complexity index is 391. The molecular formula is C11H16O7. The van der Waals surface area contributed by atoms with E-state index in [0.717, 1.165) is 0 Å². The zero-order valence-corrected chi connectivity index (χ0v) is 10.3. The first-order valence-corrected chi connectivity index (χ1v) is 5.33.